The van der Waals surface area contributed by atoms with Crippen LogP contribution in [-0.4, -0.2) is 31.7 Å². The average Bonchev–Trinajstić information content (AvgIpc) is 3.08. The Morgan fingerprint density at radius 1 is 1.19 bits per heavy atom. The summed E-state index contributed by atoms with van der Waals surface area (Å²) in [7, 11) is 1.63. The zero-order valence-corrected chi connectivity index (χ0v) is 16.0. The molecule has 0 aliphatic carbocycles. The highest BCUT2D eigenvalue weighted by Crippen LogP contribution is 2.25. The molecule has 7 nitrogen and oxygen atoms in total. The number of nitrogens with two attached hydrogens (primary N) is 1. The van der Waals surface area contributed by atoms with Crippen molar-refractivity contribution in [1.82, 2.24) is 19.5 Å². The van der Waals surface area contributed by atoms with E-state index < -0.39 is 0 Å². The third-order valence-electron chi connectivity index (χ3n) is 4.70. The molecular formula is C20H27N5O2. The van der Waals surface area contributed by atoms with Gasteiger partial charge in [0.2, 0.25) is 5.95 Å². The Morgan fingerprint density at radius 3 is 2.78 bits per heavy atom. The molecule has 0 atom stereocenters. The van der Waals surface area contributed by atoms with E-state index >= 15 is 0 Å². The van der Waals surface area contributed by atoms with Crippen LogP contribution in [0.5, 0.6) is 5.75 Å². The van der Waals surface area contributed by atoms with Gasteiger partial charge in [0.25, 0.3) is 0 Å². The largest absolute Gasteiger partial charge is 0.496 e. The lowest BCUT2D eigenvalue weighted by Crippen LogP contribution is -2.06. The molecule has 0 spiro atoms. The lowest BCUT2D eigenvalue weighted by atomic mass is 10.1. The molecular weight excluding hydrogens is 342 g/mol. The van der Waals surface area contributed by atoms with Crippen LogP contribution in [0.15, 0.2) is 24.5 Å². The number of aliphatic hydroxyl groups is 1. The Hall–Kier alpha value is -2.67. The lowest BCUT2D eigenvalue weighted by molar-refractivity contribution is 0.281. The molecule has 3 aromatic rings. The summed E-state index contributed by atoms with van der Waals surface area (Å²) < 4.78 is 7.54. The van der Waals surface area contributed by atoms with Crippen LogP contribution in [0.2, 0.25) is 0 Å². The molecule has 0 aliphatic rings. The Labute approximate surface area is 159 Å². The second-order valence-electron chi connectivity index (χ2n) is 6.69. The predicted octanol–water partition coefficient (Wildman–Crippen LogP) is 3.08. The van der Waals surface area contributed by atoms with Crippen LogP contribution in [0, 0.1) is 0 Å². The van der Waals surface area contributed by atoms with Crippen molar-refractivity contribution in [2.45, 2.75) is 52.2 Å². The van der Waals surface area contributed by atoms with Gasteiger partial charge in [-0.15, -0.1) is 0 Å². The number of nitrogen functional groups attached to an aromatic ring is 1. The van der Waals surface area contributed by atoms with Crippen molar-refractivity contribution in [2.24, 2.45) is 0 Å². The maximum atomic E-state index is 9.33. The number of rotatable bonds is 9. The van der Waals surface area contributed by atoms with Crippen LogP contribution in [0.3, 0.4) is 0 Å². The molecule has 0 radical (unpaired) electrons. The monoisotopic (exact) mass is 369 g/mol. The average molecular weight is 369 g/mol. The molecule has 144 valence electrons. The van der Waals surface area contributed by atoms with Crippen LogP contribution in [0.4, 0.5) is 5.95 Å². The van der Waals surface area contributed by atoms with Crippen molar-refractivity contribution in [3.05, 3.63) is 41.3 Å². The number of aromatic nitrogens is 4. The van der Waals surface area contributed by atoms with E-state index in [0.717, 1.165) is 40.9 Å². The molecule has 27 heavy (non-hydrogen) atoms. The minimum absolute atomic E-state index is 0.0142. The minimum atomic E-state index is -0.0142. The van der Waals surface area contributed by atoms with E-state index in [2.05, 4.69) is 21.9 Å². The fraction of sp³-hybridized carbons (Fsp3) is 0.450. The van der Waals surface area contributed by atoms with Gasteiger partial charge in [-0.3, -0.25) is 0 Å². The SMILES string of the molecule is CCCCCCc1nc(N)nc2ncn(Cc3ccc(CO)cc3OC)c12. The Kier molecular flexibility index (Phi) is 6.24. The van der Waals surface area contributed by atoms with Gasteiger partial charge in [0, 0.05) is 5.56 Å². The third kappa shape index (κ3) is 4.36. The summed E-state index contributed by atoms with van der Waals surface area (Å²) in [6, 6.07) is 5.72. The number of imidazole rings is 1. The molecule has 1 aromatic carbocycles. The number of unbranched alkanes of at least 4 members (excludes halogenated alkanes) is 3. The maximum Gasteiger partial charge on any atom is 0.222 e. The Bertz CT molecular complexity index is 907. The molecule has 2 aromatic heterocycles. The summed E-state index contributed by atoms with van der Waals surface area (Å²) in [5.74, 6) is 1.01. The zero-order valence-electron chi connectivity index (χ0n) is 16.0. The van der Waals surface area contributed by atoms with Gasteiger partial charge in [-0.05, 0) is 24.5 Å². The van der Waals surface area contributed by atoms with Gasteiger partial charge in [-0.2, -0.15) is 4.98 Å². The van der Waals surface area contributed by atoms with E-state index in [-0.39, 0.29) is 12.6 Å². The first-order valence-corrected chi connectivity index (χ1v) is 9.40. The third-order valence-corrected chi connectivity index (χ3v) is 4.70. The molecule has 3 N–H and O–H groups in total. The number of hydrogen-bond donors (Lipinski definition) is 2. The van der Waals surface area contributed by atoms with Crippen molar-refractivity contribution >= 4 is 17.1 Å². The van der Waals surface area contributed by atoms with Crippen LogP contribution < -0.4 is 10.5 Å². The number of anilines is 1. The first-order chi connectivity index (χ1) is 13.2. The Balaban J connectivity index is 1.93. The fourth-order valence-electron chi connectivity index (χ4n) is 3.29. The summed E-state index contributed by atoms with van der Waals surface area (Å²) >= 11 is 0. The van der Waals surface area contributed by atoms with E-state index in [4.69, 9.17) is 10.5 Å². The number of nitrogens with zero attached hydrogens (tertiary/aromatic N) is 4. The van der Waals surface area contributed by atoms with Crippen molar-refractivity contribution in [1.29, 1.82) is 0 Å². The molecule has 0 unspecified atom stereocenters. The van der Waals surface area contributed by atoms with E-state index in [0.29, 0.717) is 12.2 Å². The van der Waals surface area contributed by atoms with Crippen LogP contribution in [-0.2, 0) is 19.6 Å². The molecule has 0 fully saturated rings. The van der Waals surface area contributed by atoms with E-state index in [1.54, 1.807) is 13.4 Å². The summed E-state index contributed by atoms with van der Waals surface area (Å²) in [6.45, 7) is 2.77. The second kappa shape index (κ2) is 8.81. The topological polar surface area (TPSA) is 99.1 Å². The highest BCUT2D eigenvalue weighted by molar-refractivity contribution is 5.75. The highest BCUT2D eigenvalue weighted by atomic mass is 16.5. The highest BCUT2D eigenvalue weighted by Gasteiger charge is 2.14. The van der Waals surface area contributed by atoms with E-state index in [9.17, 15) is 5.11 Å². The molecule has 0 aliphatic heterocycles. The molecule has 0 bridgehead atoms. The first-order valence-electron chi connectivity index (χ1n) is 9.40. The molecule has 0 saturated carbocycles. The Morgan fingerprint density at radius 2 is 2.04 bits per heavy atom. The van der Waals surface area contributed by atoms with Gasteiger partial charge < -0.3 is 20.1 Å². The minimum Gasteiger partial charge on any atom is -0.496 e. The molecule has 7 heteroatoms. The second-order valence-corrected chi connectivity index (χ2v) is 6.69. The normalized spacial score (nSPS) is 11.2. The van der Waals surface area contributed by atoms with Gasteiger partial charge in [0.15, 0.2) is 5.65 Å². The van der Waals surface area contributed by atoms with Crippen molar-refractivity contribution in [2.75, 3.05) is 12.8 Å². The molecule has 3 rings (SSSR count). The number of ether oxygens (including phenoxy) is 1. The number of methoxy groups -OCH3 is 1. The lowest BCUT2D eigenvalue weighted by Gasteiger charge is -2.12. The summed E-state index contributed by atoms with van der Waals surface area (Å²) in [4.78, 5) is 13.2. The van der Waals surface area contributed by atoms with Gasteiger partial charge in [0.05, 0.1) is 32.3 Å². The quantitative estimate of drug-likeness (QED) is 0.562. The summed E-state index contributed by atoms with van der Waals surface area (Å²) in [5.41, 5.74) is 10.2. The molecule has 2 heterocycles. The van der Waals surface area contributed by atoms with Crippen molar-refractivity contribution in [3.63, 3.8) is 0 Å². The van der Waals surface area contributed by atoms with E-state index in [1.165, 1.54) is 19.3 Å². The number of fused-ring (bicyclic) bond motifs is 1. The summed E-state index contributed by atoms with van der Waals surface area (Å²) in [6.07, 6.45) is 7.29. The first kappa shape index (κ1) is 19.1. The molecule has 0 saturated heterocycles. The fourth-order valence-corrected chi connectivity index (χ4v) is 3.29. The van der Waals surface area contributed by atoms with Crippen molar-refractivity contribution in [3.8, 4) is 5.75 Å². The number of aryl methyl sites for hydroxylation is 1. The standard InChI is InChI=1S/C20H27N5O2/c1-3-4-5-6-7-16-18-19(24-20(21)23-16)22-13-25(18)11-15-9-8-14(12-26)10-17(15)27-2/h8-10,13,26H,3-7,11-12H2,1-2H3,(H2,21,23,24). The predicted molar refractivity (Wildman–Crippen MR) is 106 cm³/mol. The van der Waals surface area contributed by atoms with Crippen LogP contribution in [0.1, 0.15) is 49.4 Å². The number of benzene rings is 1. The number of aliphatic hydroxyl groups excluding tert-OH is 1. The van der Waals surface area contributed by atoms with Gasteiger partial charge in [-0.1, -0.05) is 38.3 Å². The zero-order chi connectivity index (χ0) is 19.2. The van der Waals surface area contributed by atoms with Gasteiger partial charge in [-0.25, -0.2) is 9.97 Å². The van der Waals surface area contributed by atoms with Crippen LogP contribution >= 0.6 is 0 Å². The smallest absolute Gasteiger partial charge is 0.222 e. The van der Waals surface area contributed by atoms with Gasteiger partial charge in [0.1, 0.15) is 11.3 Å². The van der Waals surface area contributed by atoms with E-state index in [1.807, 2.05) is 22.8 Å². The molecule has 0 amide bonds. The number of hydrogen-bond acceptors (Lipinski definition) is 6. The van der Waals surface area contributed by atoms with Crippen molar-refractivity contribution < 1.29 is 9.84 Å². The van der Waals surface area contributed by atoms with Gasteiger partial charge >= 0.3 is 0 Å². The summed E-state index contributed by atoms with van der Waals surface area (Å²) in [5, 5.41) is 9.33. The van der Waals surface area contributed by atoms with Crippen LogP contribution in [0.25, 0.3) is 11.2 Å². The maximum absolute atomic E-state index is 9.33.